The molecule has 0 aliphatic heterocycles. The number of carboxylic acids is 1. The molecule has 1 atom stereocenters. The first kappa shape index (κ1) is 12.7. The van der Waals surface area contributed by atoms with Crippen LogP contribution < -0.4 is 5.73 Å². The largest absolute Gasteiger partial charge is 0.481 e. The molecule has 4 nitrogen and oxygen atoms in total. The Hall–Kier alpha value is -1.39. The molecule has 1 rings (SSSR count). The Labute approximate surface area is 95.0 Å². The van der Waals surface area contributed by atoms with Gasteiger partial charge in [-0.15, -0.1) is 0 Å². The number of carbonyl (C=O) groups is 1. The van der Waals surface area contributed by atoms with Crippen LogP contribution in [0.2, 0.25) is 0 Å². The van der Waals surface area contributed by atoms with Gasteiger partial charge in [-0.2, -0.15) is 0 Å². The molecule has 16 heavy (non-hydrogen) atoms. The van der Waals surface area contributed by atoms with Crippen molar-refractivity contribution in [1.82, 2.24) is 0 Å². The van der Waals surface area contributed by atoms with E-state index in [-0.39, 0.29) is 13.0 Å². The third-order valence-corrected chi connectivity index (χ3v) is 2.10. The Morgan fingerprint density at radius 2 is 2.06 bits per heavy atom. The van der Waals surface area contributed by atoms with E-state index in [0.29, 0.717) is 6.61 Å². The lowest BCUT2D eigenvalue weighted by Gasteiger charge is -2.22. The van der Waals surface area contributed by atoms with Crippen molar-refractivity contribution in [3.05, 3.63) is 35.9 Å². The van der Waals surface area contributed by atoms with E-state index in [4.69, 9.17) is 15.6 Å². The van der Waals surface area contributed by atoms with Gasteiger partial charge in [-0.1, -0.05) is 30.3 Å². The van der Waals surface area contributed by atoms with Crippen LogP contribution in [-0.2, 0) is 16.1 Å². The van der Waals surface area contributed by atoms with Gasteiger partial charge >= 0.3 is 5.97 Å². The van der Waals surface area contributed by atoms with Crippen LogP contribution in [-0.4, -0.2) is 23.2 Å². The number of ether oxygens (including phenoxy) is 1. The molecule has 1 aromatic carbocycles. The number of nitrogens with two attached hydrogens (primary N) is 1. The first-order valence-electron chi connectivity index (χ1n) is 5.12. The quantitative estimate of drug-likeness (QED) is 0.764. The van der Waals surface area contributed by atoms with E-state index in [9.17, 15) is 4.79 Å². The van der Waals surface area contributed by atoms with Crippen LogP contribution in [0.3, 0.4) is 0 Å². The zero-order valence-corrected chi connectivity index (χ0v) is 9.35. The van der Waals surface area contributed by atoms with Crippen molar-refractivity contribution in [2.45, 2.75) is 25.5 Å². The molecule has 0 aromatic heterocycles. The normalized spacial score (nSPS) is 14.4. The predicted molar refractivity (Wildman–Crippen MR) is 60.9 cm³/mol. The van der Waals surface area contributed by atoms with Crippen LogP contribution in [0.1, 0.15) is 18.9 Å². The Morgan fingerprint density at radius 3 is 2.62 bits per heavy atom. The van der Waals surface area contributed by atoms with Gasteiger partial charge in [0.1, 0.15) is 0 Å². The second kappa shape index (κ2) is 5.63. The maximum atomic E-state index is 10.5. The lowest BCUT2D eigenvalue weighted by atomic mass is 10.0. The van der Waals surface area contributed by atoms with Crippen LogP contribution in [0.25, 0.3) is 0 Å². The Bertz CT molecular complexity index is 335. The van der Waals surface area contributed by atoms with E-state index >= 15 is 0 Å². The van der Waals surface area contributed by atoms with Crippen molar-refractivity contribution in [3.8, 4) is 0 Å². The smallest absolute Gasteiger partial charge is 0.305 e. The molecular formula is C12H17NO3. The fraction of sp³-hybridized carbons (Fsp3) is 0.417. The fourth-order valence-electron chi connectivity index (χ4n) is 1.37. The van der Waals surface area contributed by atoms with Crippen LogP contribution in [0, 0.1) is 0 Å². The zero-order valence-electron chi connectivity index (χ0n) is 9.35. The van der Waals surface area contributed by atoms with Crippen LogP contribution in [0.4, 0.5) is 0 Å². The summed E-state index contributed by atoms with van der Waals surface area (Å²) in [6, 6.07) is 9.69. The third kappa shape index (κ3) is 4.91. The summed E-state index contributed by atoms with van der Waals surface area (Å²) < 4.78 is 5.40. The number of rotatable bonds is 6. The van der Waals surface area contributed by atoms with Crippen molar-refractivity contribution in [3.63, 3.8) is 0 Å². The predicted octanol–water partition coefficient (Wildman–Crippen LogP) is 1.40. The van der Waals surface area contributed by atoms with Crippen LogP contribution in [0.5, 0.6) is 0 Å². The Kier molecular flexibility index (Phi) is 4.46. The average Bonchev–Trinajstić information content (AvgIpc) is 2.16. The summed E-state index contributed by atoms with van der Waals surface area (Å²) in [5.74, 6) is -0.909. The molecular weight excluding hydrogens is 206 g/mol. The molecule has 0 bridgehead atoms. The van der Waals surface area contributed by atoms with Crippen molar-refractivity contribution in [1.29, 1.82) is 0 Å². The number of benzene rings is 1. The standard InChI is InChI=1S/C12H17NO3/c1-12(13,7-11(14)15)9-16-8-10-5-3-2-4-6-10/h2-6H,7-9,13H2,1H3,(H,14,15). The molecule has 3 N–H and O–H groups in total. The van der Waals surface area contributed by atoms with E-state index in [2.05, 4.69) is 0 Å². The molecule has 0 fully saturated rings. The molecule has 0 saturated heterocycles. The highest BCUT2D eigenvalue weighted by Gasteiger charge is 2.22. The van der Waals surface area contributed by atoms with Gasteiger partial charge in [-0.05, 0) is 12.5 Å². The van der Waals surface area contributed by atoms with Crippen molar-refractivity contribution >= 4 is 5.97 Å². The van der Waals surface area contributed by atoms with Gasteiger partial charge in [0.05, 0.1) is 19.6 Å². The minimum atomic E-state index is -0.909. The van der Waals surface area contributed by atoms with E-state index in [1.54, 1.807) is 6.92 Å². The van der Waals surface area contributed by atoms with Crippen molar-refractivity contribution in [2.24, 2.45) is 5.73 Å². The highest BCUT2D eigenvalue weighted by Crippen LogP contribution is 2.08. The molecule has 0 spiro atoms. The summed E-state index contributed by atoms with van der Waals surface area (Å²) in [5.41, 5.74) is 6.01. The van der Waals surface area contributed by atoms with Gasteiger partial charge in [-0.25, -0.2) is 0 Å². The molecule has 4 heteroatoms. The van der Waals surface area contributed by atoms with Gasteiger partial charge in [0.2, 0.25) is 0 Å². The number of hydrogen-bond donors (Lipinski definition) is 2. The summed E-state index contributed by atoms with van der Waals surface area (Å²) >= 11 is 0. The van der Waals surface area contributed by atoms with Crippen molar-refractivity contribution in [2.75, 3.05) is 6.61 Å². The molecule has 0 heterocycles. The Morgan fingerprint density at radius 1 is 1.44 bits per heavy atom. The minimum absolute atomic E-state index is 0.0954. The van der Waals surface area contributed by atoms with E-state index in [0.717, 1.165) is 5.56 Å². The maximum Gasteiger partial charge on any atom is 0.305 e. The lowest BCUT2D eigenvalue weighted by Crippen LogP contribution is -2.43. The van der Waals surface area contributed by atoms with Gasteiger partial charge in [0.25, 0.3) is 0 Å². The van der Waals surface area contributed by atoms with Crippen LogP contribution >= 0.6 is 0 Å². The fourth-order valence-corrected chi connectivity index (χ4v) is 1.37. The molecule has 0 radical (unpaired) electrons. The average molecular weight is 223 g/mol. The Balaban J connectivity index is 2.32. The summed E-state index contributed by atoms with van der Waals surface area (Å²) in [6.45, 7) is 2.35. The second-order valence-electron chi connectivity index (χ2n) is 4.20. The third-order valence-electron chi connectivity index (χ3n) is 2.10. The summed E-state index contributed by atoms with van der Waals surface area (Å²) in [6.07, 6.45) is -0.0954. The maximum absolute atomic E-state index is 10.5. The molecule has 1 aromatic rings. The molecule has 0 amide bonds. The van der Waals surface area contributed by atoms with Gasteiger partial charge < -0.3 is 15.6 Å². The first-order valence-corrected chi connectivity index (χ1v) is 5.12. The summed E-state index contributed by atoms with van der Waals surface area (Å²) in [7, 11) is 0. The SMILES string of the molecule is CC(N)(COCc1ccccc1)CC(=O)O. The van der Waals surface area contributed by atoms with E-state index < -0.39 is 11.5 Å². The second-order valence-corrected chi connectivity index (χ2v) is 4.20. The van der Waals surface area contributed by atoms with Crippen molar-refractivity contribution < 1.29 is 14.6 Å². The summed E-state index contributed by atoms with van der Waals surface area (Å²) in [4.78, 5) is 10.5. The van der Waals surface area contributed by atoms with E-state index in [1.165, 1.54) is 0 Å². The highest BCUT2D eigenvalue weighted by molar-refractivity contribution is 5.68. The number of hydrogen-bond acceptors (Lipinski definition) is 3. The molecule has 0 aliphatic rings. The van der Waals surface area contributed by atoms with Gasteiger partial charge in [0.15, 0.2) is 0 Å². The first-order chi connectivity index (χ1) is 7.49. The highest BCUT2D eigenvalue weighted by atomic mass is 16.5. The van der Waals surface area contributed by atoms with E-state index in [1.807, 2.05) is 30.3 Å². The lowest BCUT2D eigenvalue weighted by molar-refractivity contribution is -0.138. The molecule has 0 aliphatic carbocycles. The number of aliphatic carboxylic acids is 1. The monoisotopic (exact) mass is 223 g/mol. The molecule has 0 saturated carbocycles. The zero-order chi connectivity index (χ0) is 12.0. The van der Waals surface area contributed by atoms with Gasteiger partial charge in [-0.3, -0.25) is 4.79 Å². The van der Waals surface area contributed by atoms with Gasteiger partial charge in [0, 0.05) is 5.54 Å². The van der Waals surface area contributed by atoms with Crippen LogP contribution in [0.15, 0.2) is 30.3 Å². The number of carboxylic acid groups (broad SMARTS) is 1. The topological polar surface area (TPSA) is 72.5 Å². The minimum Gasteiger partial charge on any atom is -0.481 e. The molecule has 88 valence electrons. The summed E-state index contributed by atoms with van der Waals surface area (Å²) in [5, 5.41) is 8.63. The molecule has 1 unspecified atom stereocenters.